The summed E-state index contributed by atoms with van der Waals surface area (Å²) in [6.07, 6.45) is 3.92. The van der Waals surface area contributed by atoms with Crippen LogP contribution < -0.4 is 21.3 Å². The van der Waals surface area contributed by atoms with Crippen LogP contribution in [-0.4, -0.2) is 33.4 Å². The third-order valence-electron chi connectivity index (χ3n) is 6.73. The zero-order valence-corrected chi connectivity index (χ0v) is 22.4. The number of aromatic nitrogens is 3. The molecule has 0 unspecified atom stereocenters. The van der Waals surface area contributed by atoms with Crippen LogP contribution in [0.5, 0.6) is 0 Å². The summed E-state index contributed by atoms with van der Waals surface area (Å²) in [6.45, 7) is 3.28. The molecule has 2 aromatic carbocycles. The van der Waals surface area contributed by atoms with Gasteiger partial charge in [0.05, 0.1) is 23.1 Å². The van der Waals surface area contributed by atoms with Gasteiger partial charge in [-0.1, -0.05) is 12.1 Å². The van der Waals surface area contributed by atoms with Gasteiger partial charge in [0.25, 0.3) is 5.91 Å². The highest BCUT2D eigenvalue weighted by Crippen LogP contribution is 2.31. The number of nitrogens with zero attached hydrogens (tertiary/aromatic N) is 4. The Labute approximate surface area is 235 Å². The molecule has 11 heteroatoms. The van der Waals surface area contributed by atoms with E-state index in [2.05, 4.69) is 30.5 Å². The minimum Gasteiger partial charge on any atom is -0.366 e. The van der Waals surface area contributed by atoms with Crippen molar-refractivity contribution in [1.29, 1.82) is 0 Å². The first kappa shape index (κ1) is 28.0. The average molecular weight is 562 g/mol. The van der Waals surface area contributed by atoms with Crippen molar-refractivity contribution in [2.75, 3.05) is 22.1 Å². The second kappa shape index (κ2) is 11.9. The lowest BCUT2D eigenvalue weighted by Crippen LogP contribution is -2.32. The first-order valence-electron chi connectivity index (χ1n) is 13.3. The SMILES string of the molecule is Cc1ccc(NC(=O)c2cccc(C(F)(F)F)c2)cc1N1CCc2nc(Nc3cccnc3)ncc2C1.NC1CC1. The van der Waals surface area contributed by atoms with Crippen LogP contribution in [0.1, 0.15) is 45.6 Å². The molecule has 1 aliphatic carbocycles. The molecule has 6 rings (SSSR count). The number of aryl methyl sites for hydroxylation is 1. The molecule has 1 fully saturated rings. The van der Waals surface area contributed by atoms with Crippen molar-refractivity contribution in [3.63, 3.8) is 0 Å². The second-order valence-electron chi connectivity index (χ2n) is 10.1. The summed E-state index contributed by atoms with van der Waals surface area (Å²) in [6, 6.07) is 14.1. The topological polar surface area (TPSA) is 109 Å². The number of hydrogen-bond acceptors (Lipinski definition) is 7. The maximum absolute atomic E-state index is 13.0. The van der Waals surface area contributed by atoms with E-state index < -0.39 is 17.6 Å². The molecule has 4 aromatic rings. The molecule has 0 bridgehead atoms. The van der Waals surface area contributed by atoms with Gasteiger partial charge in [-0.05, 0) is 67.8 Å². The zero-order valence-electron chi connectivity index (χ0n) is 22.4. The summed E-state index contributed by atoms with van der Waals surface area (Å²) >= 11 is 0. The highest BCUT2D eigenvalue weighted by atomic mass is 19.4. The Hall–Kier alpha value is -4.51. The summed E-state index contributed by atoms with van der Waals surface area (Å²) in [7, 11) is 0. The van der Waals surface area contributed by atoms with Crippen molar-refractivity contribution in [3.8, 4) is 0 Å². The van der Waals surface area contributed by atoms with Crippen LogP contribution in [-0.2, 0) is 19.1 Å². The predicted molar refractivity (Wildman–Crippen MR) is 152 cm³/mol. The van der Waals surface area contributed by atoms with Gasteiger partial charge in [-0.3, -0.25) is 9.78 Å². The Morgan fingerprint density at radius 1 is 1.05 bits per heavy atom. The second-order valence-corrected chi connectivity index (χ2v) is 10.1. The zero-order chi connectivity index (χ0) is 29.0. The fourth-order valence-electron chi connectivity index (χ4n) is 4.31. The number of anilines is 4. The number of amides is 1. The molecule has 4 N–H and O–H groups in total. The predicted octanol–water partition coefficient (Wildman–Crippen LogP) is 5.86. The minimum atomic E-state index is -4.52. The van der Waals surface area contributed by atoms with Crippen LogP contribution >= 0.6 is 0 Å². The highest BCUT2D eigenvalue weighted by molar-refractivity contribution is 6.04. The van der Waals surface area contributed by atoms with Crippen molar-refractivity contribution in [3.05, 3.63) is 101 Å². The van der Waals surface area contributed by atoms with Crippen LogP contribution in [0.2, 0.25) is 0 Å². The summed E-state index contributed by atoms with van der Waals surface area (Å²) in [5.41, 5.74) is 9.50. The van der Waals surface area contributed by atoms with E-state index in [4.69, 9.17) is 5.73 Å². The van der Waals surface area contributed by atoms with Crippen molar-refractivity contribution in [2.45, 2.75) is 44.9 Å². The normalized spacial score (nSPS) is 14.4. The molecule has 3 heterocycles. The van der Waals surface area contributed by atoms with Crippen LogP contribution in [0.25, 0.3) is 0 Å². The Bertz CT molecular complexity index is 1520. The van der Waals surface area contributed by atoms with Gasteiger partial charge in [-0.15, -0.1) is 0 Å². The van der Waals surface area contributed by atoms with Crippen LogP contribution in [0.3, 0.4) is 0 Å². The Balaban J connectivity index is 0.000000777. The third kappa shape index (κ3) is 7.37. The van der Waals surface area contributed by atoms with Gasteiger partial charge in [0.15, 0.2) is 0 Å². The highest BCUT2D eigenvalue weighted by Gasteiger charge is 2.31. The average Bonchev–Trinajstić information content (AvgIpc) is 3.76. The molecule has 1 amide bonds. The van der Waals surface area contributed by atoms with E-state index in [9.17, 15) is 18.0 Å². The van der Waals surface area contributed by atoms with E-state index in [0.717, 1.165) is 40.3 Å². The van der Waals surface area contributed by atoms with Gasteiger partial charge in [0.1, 0.15) is 0 Å². The molecule has 0 atom stereocenters. The molecule has 0 saturated heterocycles. The molecule has 41 heavy (non-hydrogen) atoms. The lowest BCUT2D eigenvalue weighted by atomic mass is 10.0. The Kier molecular flexibility index (Phi) is 8.16. The van der Waals surface area contributed by atoms with Gasteiger partial charge >= 0.3 is 6.18 Å². The monoisotopic (exact) mass is 561 g/mol. The Morgan fingerprint density at radius 3 is 2.56 bits per heavy atom. The van der Waals surface area contributed by atoms with Crippen LogP contribution in [0, 0.1) is 6.92 Å². The first-order chi connectivity index (χ1) is 19.7. The summed E-state index contributed by atoms with van der Waals surface area (Å²) in [5, 5.41) is 5.88. The number of nitrogens with two attached hydrogens (primary N) is 1. The standard InChI is InChI=1S/C27H23F3N6O.C3H7N/c1-17-7-8-21(33-25(37)18-4-2-5-20(12-18)27(28,29)30)13-24(17)36-11-9-23-19(16-36)14-32-26(35-23)34-22-6-3-10-31-15-22;4-3-1-2-3/h2-8,10,12-15H,9,11,16H2,1H3,(H,33,37)(H,32,34,35);3H,1-2,4H2. The fraction of sp³-hybridized carbons (Fsp3) is 0.267. The Morgan fingerprint density at radius 2 is 1.85 bits per heavy atom. The lowest BCUT2D eigenvalue weighted by Gasteiger charge is -2.31. The molecular formula is C30H30F3N7O. The van der Waals surface area contributed by atoms with Crippen molar-refractivity contribution < 1.29 is 18.0 Å². The number of rotatable bonds is 5. The molecule has 212 valence electrons. The molecule has 1 aliphatic heterocycles. The van der Waals surface area contributed by atoms with Gasteiger partial charge in [-0.25, -0.2) is 9.97 Å². The van der Waals surface area contributed by atoms with Gasteiger partial charge in [-0.2, -0.15) is 13.2 Å². The maximum atomic E-state index is 13.0. The lowest BCUT2D eigenvalue weighted by molar-refractivity contribution is -0.137. The molecule has 1 saturated carbocycles. The van der Waals surface area contributed by atoms with Gasteiger partial charge < -0.3 is 21.3 Å². The van der Waals surface area contributed by atoms with E-state index in [1.807, 2.05) is 37.4 Å². The van der Waals surface area contributed by atoms with Crippen molar-refractivity contribution >= 4 is 28.9 Å². The maximum Gasteiger partial charge on any atom is 0.416 e. The molecule has 8 nitrogen and oxygen atoms in total. The minimum absolute atomic E-state index is 0.0586. The number of alkyl halides is 3. The molecule has 2 aromatic heterocycles. The van der Waals surface area contributed by atoms with Crippen LogP contribution in [0.4, 0.5) is 36.2 Å². The first-order valence-corrected chi connectivity index (χ1v) is 13.3. The van der Waals surface area contributed by atoms with Crippen LogP contribution in [0.15, 0.2) is 73.2 Å². The number of fused-ring (bicyclic) bond motifs is 1. The number of carbonyl (C=O) groups is 1. The molecular weight excluding hydrogens is 531 g/mol. The largest absolute Gasteiger partial charge is 0.416 e. The molecule has 0 radical (unpaired) electrons. The quantitative estimate of drug-likeness (QED) is 0.280. The number of pyridine rings is 1. The van der Waals surface area contributed by atoms with Crippen molar-refractivity contribution in [1.82, 2.24) is 15.0 Å². The van der Waals surface area contributed by atoms with E-state index in [1.54, 1.807) is 18.5 Å². The number of halogens is 3. The summed E-state index contributed by atoms with van der Waals surface area (Å²) in [5.74, 6) is -0.0948. The third-order valence-corrected chi connectivity index (χ3v) is 6.73. The van der Waals surface area contributed by atoms with E-state index in [-0.39, 0.29) is 5.56 Å². The summed E-state index contributed by atoms with van der Waals surface area (Å²) in [4.78, 5) is 28.0. The number of carbonyl (C=O) groups excluding carboxylic acids is 1. The van der Waals surface area contributed by atoms with E-state index >= 15 is 0 Å². The van der Waals surface area contributed by atoms with E-state index in [1.165, 1.54) is 25.0 Å². The van der Waals surface area contributed by atoms with Crippen molar-refractivity contribution in [2.24, 2.45) is 5.73 Å². The fourth-order valence-corrected chi connectivity index (χ4v) is 4.31. The number of hydrogen-bond donors (Lipinski definition) is 3. The number of benzene rings is 2. The molecule has 0 spiro atoms. The smallest absolute Gasteiger partial charge is 0.366 e. The molecule has 2 aliphatic rings. The summed E-state index contributed by atoms with van der Waals surface area (Å²) < 4.78 is 39.1. The van der Waals surface area contributed by atoms with E-state index in [0.29, 0.717) is 37.2 Å². The number of nitrogens with one attached hydrogen (secondary N) is 2. The van der Waals surface area contributed by atoms with Gasteiger partial charge in [0, 0.05) is 60.4 Å². The van der Waals surface area contributed by atoms with Gasteiger partial charge in [0.2, 0.25) is 5.95 Å².